The molecule has 3 aromatic heterocycles. The van der Waals surface area contributed by atoms with Gasteiger partial charge < -0.3 is 23.9 Å². The predicted octanol–water partition coefficient (Wildman–Crippen LogP) is 5.25. The van der Waals surface area contributed by atoms with Crippen LogP contribution >= 0.6 is 0 Å². The molecule has 4 aromatic rings. The molecule has 0 radical (unpaired) electrons. The Morgan fingerprint density at radius 2 is 1.89 bits per heavy atom. The molecule has 35 heavy (non-hydrogen) atoms. The molecule has 0 spiro atoms. The Kier molecular flexibility index (Phi) is 6.23. The van der Waals surface area contributed by atoms with Crippen molar-refractivity contribution in [1.29, 1.82) is 0 Å². The highest BCUT2D eigenvalue weighted by Crippen LogP contribution is 2.39. The molecule has 0 amide bonds. The summed E-state index contributed by atoms with van der Waals surface area (Å²) in [6.07, 6.45) is 5.07. The minimum Gasteiger partial charge on any atom is -0.493 e. The first kappa shape index (κ1) is 23.4. The van der Waals surface area contributed by atoms with Crippen LogP contribution in [0.2, 0.25) is 0 Å². The van der Waals surface area contributed by atoms with Crippen LogP contribution in [0.5, 0.6) is 11.5 Å². The number of nitrogens with zero attached hydrogens (tertiary/aromatic N) is 3. The average Bonchev–Trinajstić information content (AvgIpc) is 3.23. The van der Waals surface area contributed by atoms with Gasteiger partial charge in [-0.25, -0.2) is 15.0 Å². The molecule has 1 aromatic carbocycles. The van der Waals surface area contributed by atoms with Crippen LogP contribution in [-0.2, 0) is 30.6 Å². The molecule has 4 heterocycles. The molecule has 0 fully saturated rings. The zero-order valence-corrected chi connectivity index (χ0v) is 21.0. The van der Waals surface area contributed by atoms with E-state index >= 15 is 0 Å². The van der Waals surface area contributed by atoms with Gasteiger partial charge in [-0.05, 0) is 49.9 Å². The molecular formula is C27H32N4O4. The third-order valence-corrected chi connectivity index (χ3v) is 6.55. The summed E-state index contributed by atoms with van der Waals surface area (Å²) in [5, 5.41) is 4.41. The fourth-order valence-electron chi connectivity index (χ4n) is 4.80. The first-order valence-corrected chi connectivity index (χ1v) is 12.1. The Labute approximate surface area is 205 Å². The number of aryl methyl sites for hydroxylation is 1. The molecule has 1 aliphatic heterocycles. The van der Waals surface area contributed by atoms with Gasteiger partial charge in [0, 0.05) is 18.5 Å². The number of ether oxygens (including phenoxy) is 3. The first-order chi connectivity index (χ1) is 16.9. The van der Waals surface area contributed by atoms with Crippen molar-refractivity contribution in [3.63, 3.8) is 0 Å². The van der Waals surface area contributed by atoms with E-state index < -0.39 is 0 Å². The second kappa shape index (κ2) is 9.34. The maximum absolute atomic E-state index is 6.30. The number of rotatable bonds is 8. The highest BCUT2D eigenvalue weighted by Gasteiger charge is 2.32. The van der Waals surface area contributed by atoms with E-state index in [1.807, 2.05) is 18.2 Å². The number of fused-ring (bicyclic) bond motifs is 5. The standard InChI is InChI=1S/C27H32N4O4/c1-6-7-19-18-14-34-27(2,3)13-17(18)22-23-24(35-26(22)31-19)25(30-15-29-23)28-11-10-16-8-9-20(32-4)21(12-16)33-5/h8-9,12,15H,6-7,10-11,13-14H2,1-5H3,(H,28,29,30). The molecule has 0 unspecified atom stereocenters. The minimum absolute atomic E-state index is 0.248. The summed E-state index contributed by atoms with van der Waals surface area (Å²) in [5.41, 5.74) is 6.43. The zero-order valence-electron chi connectivity index (χ0n) is 21.0. The van der Waals surface area contributed by atoms with Crippen LogP contribution in [0.3, 0.4) is 0 Å². The number of furan rings is 1. The van der Waals surface area contributed by atoms with Gasteiger partial charge in [-0.15, -0.1) is 0 Å². The van der Waals surface area contributed by atoms with Gasteiger partial charge in [0.2, 0.25) is 5.71 Å². The van der Waals surface area contributed by atoms with E-state index in [4.69, 9.17) is 23.6 Å². The van der Waals surface area contributed by atoms with Gasteiger partial charge in [-0.1, -0.05) is 19.4 Å². The largest absolute Gasteiger partial charge is 0.493 e. The Bertz CT molecular complexity index is 1380. The van der Waals surface area contributed by atoms with Crippen molar-refractivity contribution in [1.82, 2.24) is 15.0 Å². The van der Waals surface area contributed by atoms with Crippen molar-refractivity contribution in [2.24, 2.45) is 0 Å². The quantitative estimate of drug-likeness (QED) is 0.369. The van der Waals surface area contributed by atoms with Gasteiger partial charge in [0.05, 0.1) is 37.5 Å². The number of pyridine rings is 1. The molecule has 5 rings (SSSR count). The molecule has 0 saturated carbocycles. The van der Waals surface area contributed by atoms with E-state index in [2.05, 4.69) is 36.1 Å². The Morgan fingerprint density at radius 1 is 1.06 bits per heavy atom. The normalized spacial score (nSPS) is 14.8. The van der Waals surface area contributed by atoms with Crippen LogP contribution in [0.25, 0.3) is 22.2 Å². The van der Waals surface area contributed by atoms with Crippen molar-refractivity contribution in [3.05, 3.63) is 46.9 Å². The molecule has 1 N–H and O–H groups in total. The first-order valence-electron chi connectivity index (χ1n) is 12.1. The lowest BCUT2D eigenvalue weighted by molar-refractivity contribution is -0.0401. The summed E-state index contributed by atoms with van der Waals surface area (Å²) < 4.78 is 23.2. The molecule has 8 nitrogen and oxygen atoms in total. The van der Waals surface area contributed by atoms with Crippen molar-refractivity contribution < 1.29 is 18.6 Å². The number of aromatic nitrogens is 3. The number of nitrogens with one attached hydrogen (secondary N) is 1. The maximum atomic E-state index is 6.30. The Hall–Kier alpha value is -3.39. The summed E-state index contributed by atoms with van der Waals surface area (Å²) in [7, 11) is 3.28. The lowest BCUT2D eigenvalue weighted by atomic mass is 9.88. The zero-order chi connectivity index (χ0) is 24.6. The van der Waals surface area contributed by atoms with Crippen molar-refractivity contribution >= 4 is 28.0 Å². The third-order valence-electron chi connectivity index (χ3n) is 6.55. The number of anilines is 1. The highest BCUT2D eigenvalue weighted by atomic mass is 16.5. The molecule has 1 aliphatic rings. The number of benzene rings is 1. The maximum Gasteiger partial charge on any atom is 0.229 e. The van der Waals surface area contributed by atoms with E-state index in [0.717, 1.165) is 59.3 Å². The van der Waals surface area contributed by atoms with Gasteiger partial charge in [-0.2, -0.15) is 0 Å². The summed E-state index contributed by atoms with van der Waals surface area (Å²) >= 11 is 0. The smallest absolute Gasteiger partial charge is 0.229 e. The molecule has 8 heteroatoms. The monoisotopic (exact) mass is 476 g/mol. The SMILES string of the molecule is CCCc1nc2oc3c(NCCc4ccc(OC)c(OC)c4)ncnc3c2c2c1COC(C)(C)C2. The lowest BCUT2D eigenvalue weighted by Crippen LogP contribution is -2.32. The minimum atomic E-state index is -0.248. The summed E-state index contributed by atoms with van der Waals surface area (Å²) in [6, 6.07) is 5.95. The molecule has 184 valence electrons. The van der Waals surface area contributed by atoms with E-state index in [9.17, 15) is 0 Å². The van der Waals surface area contributed by atoms with Crippen molar-refractivity contribution in [2.75, 3.05) is 26.1 Å². The van der Waals surface area contributed by atoms with Gasteiger partial charge in [-0.3, -0.25) is 0 Å². The molecule has 0 bridgehead atoms. The van der Waals surface area contributed by atoms with Crippen molar-refractivity contribution in [3.8, 4) is 11.5 Å². The van der Waals surface area contributed by atoms with Gasteiger partial charge >= 0.3 is 0 Å². The lowest BCUT2D eigenvalue weighted by Gasteiger charge is -2.33. The van der Waals surface area contributed by atoms with Crippen LogP contribution < -0.4 is 14.8 Å². The van der Waals surface area contributed by atoms with Crippen LogP contribution in [-0.4, -0.2) is 41.3 Å². The fraction of sp³-hybridized carbons (Fsp3) is 0.444. The molecular weight excluding hydrogens is 444 g/mol. The van der Waals surface area contributed by atoms with E-state index in [1.165, 1.54) is 11.1 Å². The summed E-state index contributed by atoms with van der Waals surface area (Å²) in [4.78, 5) is 14.0. The van der Waals surface area contributed by atoms with Crippen LogP contribution in [0.15, 0.2) is 28.9 Å². The topological polar surface area (TPSA) is 91.5 Å². The Morgan fingerprint density at radius 3 is 2.66 bits per heavy atom. The highest BCUT2D eigenvalue weighted by molar-refractivity contribution is 6.06. The summed E-state index contributed by atoms with van der Waals surface area (Å²) in [6.45, 7) is 7.65. The van der Waals surface area contributed by atoms with Crippen LogP contribution in [0, 0.1) is 0 Å². The van der Waals surface area contributed by atoms with Crippen molar-refractivity contribution in [2.45, 2.75) is 58.7 Å². The van der Waals surface area contributed by atoms with Gasteiger partial charge in [0.15, 0.2) is 22.9 Å². The van der Waals surface area contributed by atoms with Gasteiger partial charge in [0.1, 0.15) is 11.8 Å². The number of methoxy groups -OCH3 is 2. The second-order valence-corrected chi connectivity index (χ2v) is 9.54. The van der Waals surface area contributed by atoms with E-state index in [1.54, 1.807) is 20.5 Å². The predicted molar refractivity (Wildman–Crippen MR) is 135 cm³/mol. The van der Waals surface area contributed by atoms with Crippen LogP contribution in [0.4, 0.5) is 5.82 Å². The second-order valence-electron chi connectivity index (χ2n) is 9.54. The van der Waals surface area contributed by atoms with Gasteiger partial charge in [0.25, 0.3) is 0 Å². The molecule has 0 saturated heterocycles. The number of hydrogen-bond acceptors (Lipinski definition) is 8. The Balaban J connectivity index is 1.48. The fourth-order valence-corrected chi connectivity index (χ4v) is 4.80. The molecule has 0 atom stereocenters. The third kappa shape index (κ3) is 4.38. The van der Waals surface area contributed by atoms with Crippen LogP contribution in [0.1, 0.15) is 49.6 Å². The summed E-state index contributed by atoms with van der Waals surface area (Å²) in [5.74, 6) is 2.11. The number of hydrogen-bond donors (Lipinski definition) is 1. The van der Waals surface area contributed by atoms with E-state index in [-0.39, 0.29) is 5.60 Å². The average molecular weight is 477 g/mol. The molecule has 0 aliphatic carbocycles. The van der Waals surface area contributed by atoms with E-state index in [0.29, 0.717) is 30.3 Å².